The molecule has 3 N–H and O–H groups in total. The van der Waals surface area contributed by atoms with Crippen molar-refractivity contribution < 1.29 is 5.11 Å². The molecule has 1 heterocycles. The van der Waals surface area contributed by atoms with Crippen LogP contribution in [0.1, 0.15) is 11.1 Å². The highest BCUT2D eigenvalue weighted by Crippen LogP contribution is 2.22. The van der Waals surface area contributed by atoms with Crippen LogP contribution in [-0.4, -0.2) is 9.67 Å². The second-order valence-electron chi connectivity index (χ2n) is 4.70. The molecule has 19 heavy (non-hydrogen) atoms. The average Bonchev–Trinajstić information content (AvgIpc) is 2.84. The smallest absolute Gasteiger partial charge is 0.0681 e. The fraction of sp³-hybridized carbons (Fsp3) is 0.125. The molecule has 0 unspecified atom stereocenters. The molecule has 0 amide bonds. The average molecular weight is 252 g/mol. The standard InChI is InChI=1S/C16H16N2O/c17-15-2-1-3-16-14(15)8-9-18(16)10-12-4-6-13(11-19)7-5-12/h1-9,19H,10-11,17H2. The Balaban J connectivity index is 1.94. The first kappa shape index (κ1) is 11.8. The van der Waals surface area contributed by atoms with Gasteiger partial charge in [0.25, 0.3) is 0 Å². The van der Waals surface area contributed by atoms with Crippen LogP contribution in [0.5, 0.6) is 0 Å². The van der Waals surface area contributed by atoms with Crippen molar-refractivity contribution in [3.8, 4) is 0 Å². The van der Waals surface area contributed by atoms with Gasteiger partial charge >= 0.3 is 0 Å². The van der Waals surface area contributed by atoms with E-state index in [0.717, 1.165) is 28.7 Å². The molecule has 0 radical (unpaired) electrons. The Morgan fingerprint density at radius 3 is 2.42 bits per heavy atom. The van der Waals surface area contributed by atoms with Gasteiger partial charge in [-0.05, 0) is 29.3 Å². The van der Waals surface area contributed by atoms with Crippen molar-refractivity contribution in [2.75, 3.05) is 5.73 Å². The number of nitrogens with two attached hydrogens (primary N) is 1. The first-order valence-corrected chi connectivity index (χ1v) is 6.30. The third kappa shape index (κ3) is 2.20. The molecule has 3 nitrogen and oxygen atoms in total. The summed E-state index contributed by atoms with van der Waals surface area (Å²) in [5.74, 6) is 0. The van der Waals surface area contributed by atoms with Crippen LogP contribution in [0.2, 0.25) is 0 Å². The maximum atomic E-state index is 9.04. The SMILES string of the molecule is Nc1cccc2c1ccn2Cc1ccc(CO)cc1. The lowest BCUT2D eigenvalue weighted by Gasteiger charge is -2.07. The number of aliphatic hydroxyl groups excluding tert-OH is 1. The molecular formula is C16H16N2O. The largest absolute Gasteiger partial charge is 0.398 e. The zero-order chi connectivity index (χ0) is 13.2. The molecule has 3 rings (SSSR count). The Bertz CT molecular complexity index is 698. The van der Waals surface area contributed by atoms with Gasteiger partial charge in [0.2, 0.25) is 0 Å². The number of fused-ring (bicyclic) bond motifs is 1. The Labute approximate surface area is 111 Å². The molecular weight excluding hydrogens is 236 g/mol. The summed E-state index contributed by atoms with van der Waals surface area (Å²) in [4.78, 5) is 0. The molecule has 0 aliphatic carbocycles. The number of nitrogen functional groups attached to an aromatic ring is 1. The van der Waals surface area contributed by atoms with Crippen LogP contribution in [0.25, 0.3) is 10.9 Å². The topological polar surface area (TPSA) is 51.2 Å². The monoisotopic (exact) mass is 252 g/mol. The molecule has 96 valence electrons. The van der Waals surface area contributed by atoms with E-state index in [1.54, 1.807) is 0 Å². The van der Waals surface area contributed by atoms with Crippen LogP contribution in [0, 0.1) is 0 Å². The van der Waals surface area contributed by atoms with E-state index in [1.807, 2.05) is 42.5 Å². The van der Waals surface area contributed by atoms with Crippen molar-refractivity contribution in [1.29, 1.82) is 0 Å². The van der Waals surface area contributed by atoms with E-state index in [9.17, 15) is 0 Å². The Hall–Kier alpha value is -2.26. The molecule has 1 aromatic heterocycles. The highest BCUT2D eigenvalue weighted by molar-refractivity contribution is 5.91. The summed E-state index contributed by atoms with van der Waals surface area (Å²) in [5, 5.41) is 10.1. The summed E-state index contributed by atoms with van der Waals surface area (Å²) < 4.78 is 2.18. The lowest BCUT2D eigenvalue weighted by Crippen LogP contribution is -1.98. The predicted octanol–water partition coefficient (Wildman–Crippen LogP) is 2.76. The van der Waals surface area contributed by atoms with E-state index in [0.29, 0.717) is 0 Å². The quantitative estimate of drug-likeness (QED) is 0.704. The maximum absolute atomic E-state index is 9.04. The fourth-order valence-electron chi connectivity index (χ4n) is 2.33. The molecule has 0 aliphatic heterocycles. The number of hydrogen-bond donors (Lipinski definition) is 2. The summed E-state index contributed by atoms with van der Waals surface area (Å²) in [6.45, 7) is 0.891. The summed E-state index contributed by atoms with van der Waals surface area (Å²) in [7, 11) is 0. The zero-order valence-electron chi connectivity index (χ0n) is 10.6. The first-order chi connectivity index (χ1) is 9.28. The molecule has 0 bridgehead atoms. The van der Waals surface area contributed by atoms with E-state index in [2.05, 4.69) is 16.8 Å². The van der Waals surface area contributed by atoms with E-state index < -0.39 is 0 Å². The van der Waals surface area contributed by atoms with Crippen LogP contribution in [0.3, 0.4) is 0 Å². The molecule has 0 saturated carbocycles. The molecule has 2 aromatic carbocycles. The van der Waals surface area contributed by atoms with Gasteiger partial charge < -0.3 is 15.4 Å². The molecule has 0 atom stereocenters. The minimum atomic E-state index is 0.0866. The Morgan fingerprint density at radius 1 is 0.947 bits per heavy atom. The lowest BCUT2D eigenvalue weighted by atomic mass is 10.1. The van der Waals surface area contributed by atoms with Gasteiger partial charge in [0, 0.05) is 23.8 Å². The molecule has 0 fully saturated rings. The van der Waals surface area contributed by atoms with Gasteiger partial charge in [-0.2, -0.15) is 0 Å². The number of nitrogens with zero attached hydrogens (tertiary/aromatic N) is 1. The van der Waals surface area contributed by atoms with Crippen LogP contribution in [0.4, 0.5) is 5.69 Å². The van der Waals surface area contributed by atoms with Crippen molar-refractivity contribution in [3.63, 3.8) is 0 Å². The summed E-state index contributed by atoms with van der Waals surface area (Å²) in [6.07, 6.45) is 2.06. The fourth-order valence-corrected chi connectivity index (χ4v) is 2.33. The van der Waals surface area contributed by atoms with E-state index in [1.165, 1.54) is 5.56 Å². The van der Waals surface area contributed by atoms with Crippen LogP contribution in [-0.2, 0) is 13.2 Å². The molecule has 0 spiro atoms. The highest BCUT2D eigenvalue weighted by atomic mass is 16.3. The van der Waals surface area contributed by atoms with Gasteiger partial charge in [0.1, 0.15) is 0 Å². The first-order valence-electron chi connectivity index (χ1n) is 6.30. The number of aliphatic hydroxyl groups is 1. The molecule has 3 heteroatoms. The number of aromatic nitrogens is 1. The van der Waals surface area contributed by atoms with E-state index in [-0.39, 0.29) is 6.61 Å². The van der Waals surface area contributed by atoms with Crippen LogP contribution < -0.4 is 5.73 Å². The normalized spacial score (nSPS) is 11.0. The number of benzene rings is 2. The van der Waals surface area contributed by atoms with Gasteiger partial charge in [0.05, 0.1) is 12.1 Å². The van der Waals surface area contributed by atoms with E-state index >= 15 is 0 Å². The second kappa shape index (κ2) is 4.78. The number of rotatable bonds is 3. The van der Waals surface area contributed by atoms with Gasteiger partial charge in [-0.25, -0.2) is 0 Å². The third-order valence-electron chi connectivity index (χ3n) is 3.41. The minimum absolute atomic E-state index is 0.0866. The maximum Gasteiger partial charge on any atom is 0.0681 e. The van der Waals surface area contributed by atoms with Gasteiger partial charge in [-0.3, -0.25) is 0 Å². The Kier molecular flexibility index (Phi) is 2.97. The highest BCUT2D eigenvalue weighted by Gasteiger charge is 2.04. The van der Waals surface area contributed by atoms with Crippen molar-refractivity contribution in [1.82, 2.24) is 4.57 Å². The third-order valence-corrected chi connectivity index (χ3v) is 3.41. The summed E-state index contributed by atoms with van der Waals surface area (Å²) >= 11 is 0. The molecule has 0 saturated heterocycles. The van der Waals surface area contributed by atoms with E-state index in [4.69, 9.17) is 10.8 Å². The van der Waals surface area contributed by atoms with Crippen LogP contribution >= 0.6 is 0 Å². The van der Waals surface area contributed by atoms with Gasteiger partial charge in [-0.15, -0.1) is 0 Å². The predicted molar refractivity (Wildman–Crippen MR) is 77.8 cm³/mol. The second-order valence-corrected chi connectivity index (χ2v) is 4.70. The van der Waals surface area contributed by atoms with Crippen molar-refractivity contribution in [2.24, 2.45) is 0 Å². The van der Waals surface area contributed by atoms with Gasteiger partial charge in [-0.1, -0.05) is 30.3 Å². The number of hydrogen-bond acceptors (Lipinski definition) is 2. The van der Waals surface area contributed by atoms with Crippen molar-refractivity contribution in [3.05, 3.63) is 65.9 Å². The van der Waals surface area contributed by atoms with Crippen LogP contribution in [0.15, 0.2) is 54.7 Å². The van der Waals surface area contributed by atoms with Crippen molar-refractivity contribution in [2.45, 2.75) is 13.2 Å². The lowest BCUT2D eigenvalue weighted by molar-refractivity contribution is 0.282. The molecule has 0 aliphatic rings. The Morgan fingerprint density at radius 2 is 1.68 bits per heavy atom. The van der Waals surface area contributed by atoms with Gasteiger partial charge in [0.15, 0.2) is 0 Å². The minimum Gasteiger partial charge on any atom is -0.398 e. The zero-order valence-corrected chi connectivity index (χ0v) is 10.6. The molecule has 3 aromatic rings. The number of anilines is 1. The van der Waals surface area contributed by atoms with Crippen molar-refractivity contribution >= 4 is 16.6 Å². The summed E-state index contributed by atoms with van der Waals surface area (Å²) in [5.41, 5.74) is 10.1. The summed E-state index contributed by atoms with van der Waals surface area (Å²) in [6, 6.07) is 16.0.